The summed E-state index contributed by atoms with van der Waals surface area (Å²) in [4.78, 5) is 3.31. The van der Waals surface area contributed by atoms with Gasteiger partial charge in [-0.25, -0.2) is 0 Å². The van der Waals surface area contributed by atoms with Crippen LogP contribution in [0.5, 0.6) is 5.75 Å². The van der Waals surface area contributed by atoms with Crippen molar-refractivity contribution in [3.8, 4) is 5.75 Å². The van der Waals surface area contributed by atoms with Gasteiger partial charge in [0.1, 0.15) is 5.75 Å². The van der Waals surface area contributed by atoms with Crippen molar-refractivity contribution in [1.29, 1.82) is 0 Å². The van der Waals surface area contributed by atoms with Crippen LogP contribution in [0.1, 0.15) is 24.1 Å². The van der Waals surface area contributed by atoms with Gasteiger partial charge in [0, 0.05) is 29.7 Å². The first kappa shape index (κ1) is 13.7. The topological polar surface area (TPSA) is 37.0 Å². The fraction of sp³-hybridized carbons (Fsp3) is 0.222. The van der Waals surface area contributed by atoms with E-state index in [4.69, 9.17) is 4.74 Å². The lowest BCUT2D eigenvalue weighted by Crippen LogP contribution is -2.17. The second-order valence-electron chi connectivity index (χ2n) is 5.24. The molecule has 108 valence electrons. The van der Waals surface area contributed by atoms with Crippen LogP contribution >= 0.6 is 0 Å². The summed E-state index contributed by atoms with van der Waals surface area (Å²) >= 11 is 0. The van der Waals surface area contributed by atoms with Gasteiger partial charge in [0.05, 0.1) is 7.11 Å². The zero-order valence-electron chi connectivity index (χ0n) is 12.4. The molecule has 0 fully saturated rings. The van der Waals surface area contributed by atoms with Crippen molar-refractivity contribution in [2.24, 2.45) is 0 Å². The van der Waals surface area contributed by atoms with Crippen molar-refractivity contribution in [2.75, 3.05) is 7.11 Å². The van der Waals surface area contributed by atoms with Crippen LogP contribution in [0.25, 0.3) is 10.9 Å². The minimum Gasteiger partial charge on any atom is -0.497 e. The lowest BCUT2D eigenvalue weighted by molar-refractivity contribution is 0.414. The average Bonchev–Trinajstić information content (AvgIpc) is 2.96. The van der Waals surface area contributed by atoms with Crippen LogP contribution in [0.2, 0.25) is 0 Å². The fourth-order valence-corrected chi connectivity index (χ4v) is 2.55. The second-order valence-corrected chi connectivity index (χ2v) is 5.24. The molecule has 0 amide bonds. The van der Waals surface area contributed by atoms with E-state index >= 15 is 0 Å². The lowest BCUT2D eigenvalue weighted by atomic mass is 10.1. The highest BCUT2D eigenvalue weighted by Crippen LogP contribution is 2.20. The van der Waals surface area contributed by atoms with E-state index in [-0.39, 0.29) is 0 Å². The van der Waals surface area contributed by atoms with E-state index in [0.29, 0.717) is 6.04 Å². The summed E-state index contributed by atoms with van der Waals surface area (Å²) in [5.41, 5.74) is 3.74. The van der Waals surface area contributed by atoms with Crippen molar-refractivity contribution in [3.05, 3.63) is 65.9 Å². The highest BCUT2D eigenvalue weighted by Gasteiger charge is 2.07. The highest BCUT2D eigenvalue weighted by molar-refractivity contribution is 5.82. The maximum Gasteiger partial charge on any atom is 0.118 e. The quantitative estimate of drug-likeness (QED) is 0.740. The third kappa shape index (κ3) is 2.93. The zero-order chi connectivity index (χ0) is 14.7. The van der Waals surface area contributed by atoms with Crippen molar-refractivity contribution < 1.29 is 4.74 Å². The molecule has 0 saturated heterocycles. The molecule has 3 nitrogen and oxygen atoms in total. The van der Waals surface area contributed by atoms with Gasteiger partial charge in [-0.1, -0.05) is 30.3 Å². The molecule has 1 aromatic heterocycles. The number of aromatic amines is 1. The first-order chi connectivity index (χ1) is 10.3. The van der Waals surface area contributed by atoms with Gasteiger partial charge in [0.2, 0.25) is 0 Å². The molecule has 0 bridgehead atoms. The summed E-state index contributed by atoms with van der Waals surface area (Å²) in [6, 6.07) is 16.9. The second kappa shape index (κ2) is 6.02. The first-order valence-electron chi connectivity index (χ1n) is 7.20. The number of fused-ring (bicyclic) bond motifs is 1. The molecule has 0 spiro atoms. The van der Waals surface area contributed by atoms with E-state index in [1.165, 1.54) is 22.0 Å². The smallest absolute Gasteiger partial charge is 0.118 e. The number of hydrogen-bond donors (Lipinski definition) is 2. The Bertz CT molecular complexity index is 715. The number of para-hydroxylation sites is 1. The Labute approximate surface area is 125 Å². The Morgan fingerprint density at radius 1 is 1.10 bits per heavy atom. The Morgan fingerprint density at radius 3 is 2.62 bits per heavy atom. The molecular weight excluding hydrogens is 260 g/mol. The van der Waals surface area contributed by atoms with Crippen LogP contribution in [0.4, 0.5) is 0 Å². The van der Waals surface area contributed by atoms with Crippen LogP contribution in [-0.2, 0) is 6.54 Å². The number of ether oxygens (including phenoxy) is 1. The van der Waals surface area contributed by atoms with Gasteiger partial charge in [0.15, 0.2) is 0 Å². The van der Waals surface area contributed by atoms with Crippen molar-refractivity contribution in [1.82, 2.24) is 10.3 Å². The van der Waals surface area contributed by atoms with Gasteiger partial charge in [-0.15, -0.1) is 0 Å². The van der Waals surface area contributed by atoms with Gasteiger partial charge in [0.25, 0.3) is 0 Å². The normalized spacial score (nSPS) is 12.5. The third-order valence-electron chi connectivity index (χ3n) is 3.89. The van der Waals surface area contributed by atoms with Crippen LogP contribution in [-0.4, -0.2) is 12.1 Å². The SMILES string of the molecule is COc1ccc(C(C)NCc2c[nH]c3ccccc23)cc1. The standard InChI is InChI=1S/C18H20N2O/c1-13(14-7-9-16(21-2)10-8-14)19-11-15-12-20-18-6-4-3-5-17(15)18/h3-10,12-13,19-20H,11H2,1-2H3. The number of benzene rings is 2. The molecule has 3 heteroatoms. The number of rotatable bonds is 5. The molecule has 21 heavy (non-hydrogen) atoms. The van der Waals surface area contributed by atoms with Crippen LogP contribution < -0.4 is 10.1 Å². The highest BCUT2D eigenvalue weighted by atomic mass is 16.5. The van der Waals surface area contributed by atoms with Crippen LogP contribution in [0.3, 0.4) is 0 Å². The minimum atomic E-state index is 0.296. The summed E-state index contributed by atoms with van der Waals surface area (Å²) in [5, 5.41) is 4.85. The van der Waals surface area contributed by atoms with Gasteiger partial charge in [-0.2, -0.15) is 0 Å². The molecular formula is C18H20N2O. The summed E-state index contributed by atoms with van der Waals surface area (Å²) in [6.45, 7) is 3.02. The predicted molar refractivity (Wildman–Crippen MR) is 86.5 cm³/mol. The Hall–Kier alpha value is -2.26. The Balaban J connectivity index is 1.68. The van der Waals surface area contributed by atoms with E-state index in [2.05, 4.69) is 59.8 Å². The van der Waals surface area contributed by atoms with Gasteiger partial charge >= 0.3 is 0 Å². The third-order valence-corrected chi connectivity index (χ3v) is 3.89. The maximum absolute atomic E-state index is 5.19. The van der Waals surface area contributed by atoms with Gasteiger partial charge in [-0.3, -0.25) is 0 Å². The first-order valence-corrected chi connectivity index (χ1v) is 7.20. The fourth-order valence-electron chi connectivity index (χ4n) is 2.55. The lowest BCUT2D eigenvalue weighted by Gasteiger charge is -2.14. The van der Waals surface area contributed by atoms with Crippen LogP contribution in [0, 0.1) is 0 Å². The molecule has 0 radical (unpaired) electrons. The molecule has 0 aliphatic carbocycles. The molecule has 1 heterocycles. The van der Waals surface area contributed by atoms with E-state index in [0.717, 1.165) is 12.3 Å². The predicted octanol–water partition coefficient (Wildman–Crippen LogP) is 4.03. The molecule has 1 unspecified atom stereocenters. The van der Waals surface area contributed by atoms with Crippen molar-refractivity contribution in [2.45, 2.75) is 19.5 Å². The summed E-state index contributed by atoms with van der Waals surface area (Å²) < 4.78 is 5.19. The maximum atomic E-state index is 5.19. The summed E-state index contributed by atoms with van der Waals surface area (Å²) in [6.07, 6.45) is 2.08. The summed E-state index contributed by atoms with van der Waals surface area (Å²) in [5.74, 6) is 0.891. The van der Waals surface area contributed by atoms with Gasteiger partial charge in [-0.05, 0) is 36.2 Å². The number of aromatic nitrogens is 1. The molecule has 2 aromatic carbocycles. The van der Waals surface area contributed by atoms with E-state index in [1.807, 2.05) is 12.1 Å². The molecule has 1 atom stereocenters. The molecule has 3 rings (SSSR count). The van der Waals surface area contributed by atoms with Crippen molar-refractivity contribution in [3.63, 3.8) is 0 Å². The van der Waals surface area contributed by atoms with E-state index in [1.54, 1.807) is 7.11 Å². The minimum absolute atomic E-state index is 0.296. The van der Waals surface area contributed by atoms with E-state index < -0.39 is 0 Å². The Kier molecular flexibility index (Phi) is 3.93. The number of methoxy groups -OCH3 is 1. The Morgan fingerprint density at radius 2 is 1.86 bits per heavy atom. The molecule has 2 N–H and O–H groups in total. The van der Waals surface area contributed by atoms with Gasteiger partial charge < -0.3 is 15.0 Å². The van der Waals surface area contributed by atoms with Crippen LogP contribution in [0.15, 0.2) is 54.7 Å². The molecule has 0 saturated carbocycles. The monoisotopic (exact) mass is 280 g/mol. The summed E-state index contributed by atoms with van der Waals surface area (Å²) in [7, 11) is 1.69. The number of hydrogen-bond acceptors (Lipinski definition) is 2. The number of H-pyrrole nitrogens is 1. The molecule has 3 aromatic rings. The largest absolute Gasteiger partial charge is 0.497 e. The average molecular weight is 280 g/mol. The van der Waals surface area contributed by atoms with Crippen molar-refractivity contribution >= 4 is 10.9 Å². The zero-order valence-corrected chi connectivity index (χ0v) is 12.4. The molecule has 0 aliphatic rings. The molecule has 0 aliphatic heterocycles. The van der Waals surface area contributed by atoms with E-state index in [9.17, 15) is 0 Å². The number of nitrogens with one attached hydrogen (secondary N) is 2.